The van der Waals surface area contributed by atoms with E-state index in [1.807, 2.05) is 133 Å². The van der Waals surface area contributed by atoms with Crippen molar-refractivity contribution < 1.29 is 33.6 Å². The number of hydrogen-bond donors (Lipinski definition) is 7. The molecule has 5 aliphatic rings. The molecule has 4 atom stereocenters. The van der Waals surface area contributed by atoms with Crippen molar-refractivity contribution in [3.8, 4) is 0 Å². The van der Waals surface area contributed by atoms with Crippen LogP contribution in [-0.2, 0) is 19.8 Å². The number of benzene rings is 17. The van der Waals surface area contributed by atoms with Crippen LogP contribution in [0.3, 0.4) is 0 Å². The Morgan fingerprint density at radius 3 is 1.05 bits per heavy atom. The maximum atomic E-state index is 16.4. The molecule has 17 heteroatoms. The quantitative estimate of drug-likeness (QED) is 0.0137. The molecule has 22 aromatic carbocycles. The van der Waals surface area contributed by atoms with Crippen LogP contribution in [-0.4, -0.2) is 131 Å². The van der Waals surface area contributed by atoms with Crippen LogP contribution in [0.25, 0.3) is 146 Å². The summed E-state index contributed by atoms with van der Waals surface area (Å²) < 4.78 is 7.09. The first-order valence-electron chi connectivity index (χ1n) is 44.0. The van der Waals surface area contributed by atoms with Gasteiger partial charge in [0.2, 0.25) is 0 Å². The summed E-state index contributed by atoms with van der Waals surface area (Å²) in [5.41, 5.74) is 7.71. The van der Waals surface area contributed by atoms with Crippen LogP contribution >= 0.6 is 0 Å². The van der Waals surface area contributed by atoms with E-state index in [0.717, 1.165) is 18.9 Å². The molecule has 612 valence electrons. The number of rotatable bonds is 29. The molecule has 1 spiro atoms. The molecule has 0 fully saturated rings. The topological polar surface area (TPSA) is 204 Å². The molecule has 4 unspecified atom stereocenters. The van der Waals surface area contributed by atoms with Crippen molar-refractivity contribution in [1.29, 1.82) is 0 Å². The molecule has 22 aromatic rings. The number of hydrogen-bond acceptors (Lipinski definition) is 7. The van der Waals surface area contributed by atoms with Gasteiger partial charge in [-0.3, -0.25) is 4.79 Å². The third-order valence-electron chi connectivity index (χ3n) is 29.0. The maximum absolute atomic E-state index is 16.4. The van der Waals surface area contributed by atoms with Crippen molar-refractivity contribution in [2.45, 2.75) is 61.3 Å². The summed E-state index contributed by atoms with van der Waals surface area (Å²) in [6.07, 6.45) is 2.43. The van der Waals surface area contributed by atoms with Crippen LogP contribution < -0.4 is 69.2 Å². The molecular formula is C110H77N7O7Se3. The van der Waals surface area contributed by atoms with Gasteiger partial charge >= 0.3 is 426 Å². The molecule has 7 N–H and O–H groups in total. The average molecular weight is 1850 g/mol. The average Bonchev–Trinajstić information content (AvgIpc) is 1.43. The van der Waals surface area contributed by atoms with Crippen LogP contribution in [0.4, 0.5) is 0 Å². The fourth-order valence-corrected chi connectivity index (χ4v) is 29.4. The molecule has 0 radical (unpaired) electrons. The van der Waals surface area contributed by atoms with Gasteiger partial charge in [0.15, 0.2) is 0 Å². The Balaban J connectivity index is 0.537. The van der Waals surface area contributed by atoms with Gasteiger partial charge in [-0.1, -0.05) is 84.9 Å². The molecule has 0 aromatic heterocycles. The zero-order valence-electron chi connectivity index (χ0n) is 68.6. The van der Waals surface area contributed by atoms with Gasteiger partial charge in [0.25, 0.3) is 5.91 Å². The second-order valence-electron chi connectivity index (χ2n) is 35.4. The normalized spacial score (nSPS) is 16.3. The summed E-state index contributed by atoms with van der Waals surface area (Å²) >= 11 is 0.227. The molecule has 7 amide bonds. The molecule has 0 saturated carbocycles. The van der Waals surface area contributed by atoms with Crippen LogP contribution in [0.2, 0.25) is 0 Å². The van der Waals surface area contributed by atoms with Crippen molar-refractivity contribution in [2.75, 3.05) is 39.3 Å². The first kappa shape index (κ1) is 75.0. The third kappa shape index (κ3) is 10.8. The Hall–Kier alpha value is -13.3. The third-order valence-corrected chi connectivity index (χ3v) is 35.4. The second kappa shape index (κ2) is 28.3. The van der Waals surface area contributed by atoms with E-state index in [2.05, 4.69) is 165 Å². The van der Waals surface area contributed by atoms with Crippen molar-refractivity contribution in [1.82, 2.24) is 37.2 Å². The van der Waals surface area contributed by atoms with Gasteiger partial charge in [0, 0.05) is 34.3 Å². The second-order valence-corrected chi connectivity index (χ2v) is 42.6. The van der Waals surface area contributed by atoms with Crippen molar-refractivity contribution in [2.24, 2.45) is 5.92 Å². The summed E-state index contributed by atoms with van der Waals surface area (Å²) in [5.74, 6) is -2.76. The van der Waals surface area contributed by atoms with E-state index < -0.39 is 16.9 Å². The van der Waals surface area contributed by atoms with E-state index in [1.165, 1.54) is 186 Å². The zero-order chi connectivity index (χ0) is 84.6. The van der Waals surface area contributed by atoms with E-state index in [-0.39, 0.29) is 176 Å². The molecule has 127 heavy (non-hydrogen) atoms. The summed E-state index contributed by atoms with van der Waals surface area (Å²) in [6, 6.07) is 88.6. The standard InChI is InChI=1S/C110H77N7O7Se3/c118-80(111-48-51-114-105(121)56-20-27-63(28-21-56)125-60-12-4-1-5-13-60)42-45-109(46-43-81(119)112-49-52-115-106(122)57-22-29-64(30-23-57)126-61-14-6-2-7-15-61,47-44-82(120)113-50-53-116-107(123)58-24-31-65(32-25-58)127-62-16-8-3-9-17-62)117-108(124)59-26-33-75-76(54-59)83-66-18-10-11-19-74(66)103(75)110-78-41-40-72-71-37-36-68-67-34-35-69-70-38-39-73-77(55-79(83)110)91-96-89(73)88(70)94-85(69)84(67)93-86(68)87(71)95-90(72)92(78)102(104(91)110)101-99(95)97(93)98(94)100(96)101/h1-41,54-55,79,83,103H,42-53H2,(H,111,118)(H,112,119)(H,113,120)(H,114,121)(H,115,122)(H,116,123)(H,117,124). The Morgan fingerprint density at radius 1 is 0.283 bits per heavy atom. The van der Waals surface area contributed by atoms with Crippen LogP contribution in [0.5, 0.6) is 0 Å². The van der Waals surface area contributed by atoms with E-state index in [0.29, 0.717) is 22.3 Å². The fraction of sp³-hybridized carbons (Fsp3) is 0.155. The molecule has 0 heterocycles. The van der Waals surface area contributed by atoms with Gasteiger partial charge in [-0.25, -0.2) is 0 Å². The number of carbonyl (C=O) groups is 7. The van der Waals surface area contributed by atoms with Gasteiger partial charge in [-0.05, 0) is 191 Å². The van der Waals surface area contributed by atoms with Gasteiger partial charge in [-0.15, -0.1) is 0 Å². The minimum absolute atomic E-state index is 0.0244. The summed E-state index contributed by atoms with van der Waals surface area (Å²) in [7, 11) is 0. The van der Waals surface area contributed by atoms with Gasteiger partial charge in [0.05, 0.1) is 0 Å². The molecule has 0 aliphatic heterocycles. The Labute approximate surface area is 746 Å². The van der Waals surface area contributed by atoms with Crippen LogP contribution in [0.1, 0.15) is 125 Å². The van der Waals surface area contributed by atoms with E-state index >= 15 is 4.79 Å². The molecule has 2 bridgehead atoms. The van der Waals surface area contributed by atoms with Crippen molar-refractivity contribution in [3.05, 3.63) is 316 Å². The van der Waals surface area contributed by atoms with E-state index in [4.69, 9.17) is 0 Å². The predicted octanol–water partition coefficient (Wildman–Crippen LogP) is 13.5. The van der Waals surface area contributed by atoms with Crippen LogP contribution in [0, 0.1) is 5.92 Å². The summed E-state index contributed by atoms with van der Waals surface area (Å²) in [4.78, 5) is 101. The van der Waals surface area contributed by atoms with Crippen LogP contribution in [0.15, 0.2) is 255 Å². The van der Waals surface area contributed by atoms with Gasteiger partial charge < -0.3 is 5.32 Å². The SMILES string of the molecule is O=C(CCC(CCC(=O)NCCNC(=O)c1ccc([Se]c2ccccc2)cc1)(CCC(=O)NCCNC(=O)c1ccc([Se]c2ccccc2)cc1)NC(=O)c1ccc2c(c1)C1c3ccccc3C2C23c4ccc5c6ccc7c8ccc9c%10ccc%11c(c%12c2c2c4c5c4c6c7c5c8c9c6c%10c%11c%12c7c2c4c5c67)=CC13)NCCNC(=O)c1ccc([Se]c2ccccc2)cc1. The monoisotopic (exact) mass is 1850 g/mol. The fourth-order valence-electron chi connectivity index (χ4n) is 24.1. The zero-order valence-corrected chi connectivity index (χ0v) is 73.8. The van der Waals surface area contributed by atoms with Crippen molar-refractivity contribution >= 4 is 259 Å². The molecule has 5 aliphatic carbocycles. The van der Waals surface area contributed by atoms with Gasteiger partial charge in [-0.2, -0.15) is 0 Å². The molecule has 27 rings (SSSR count). The van der Waals surface area contributed by atoms with E-state index in [1.54, 1.807) is 0 Å². The molecular weight excluding hydrogens is 1770 g/mol. The van der Waals surface area contributed by atoms with Crippen molar-refractivity contribution in [3.63, 3.8) is 0 Å². The number of fused-ring (bicyclic) bond motifs is 4. The molecule has 0 saturated heterocycles. The number of amides is 7. The minimum atomic E-state index is -1.36. The Bertz CT molecular complexity index is 8030. The first-order chi connectivity index (χ1) is 62.4. The first-order valence-corrected chi connectivity index (χ1v) is 49.1. The number of nitrogens with one attached hydrogen (secondary N) is 7. The van der Waals surface area contributed by atoms with Gasteiger partial charge in [0.1, 0.15) is 0 Å². The number of carbonyl (C=O) groups excluding carboxylic acids is 7. The summed E-state index contributed by atoms with van der Waals surface area (Å²) in [6.45, 7) is 0.749. The summed E-state index contributed by atoms with van der Waals surface area (Å²) in [5, 5.41) is 59.3. The predicted molar refractivity (Wildman–Crippen MR) is 514 cm³/mol. The van der Waals surface area contributed by atoms with E-state index in [9.17, 15) is 28.8 Å². The Morgan fingerprint density at radius 2 is 0.614 bits per heavy atom. The Kier molecular flexibility index (Phi) is 16.7. The molecule has 14 nitrogen and oxygen atoms in total.